The van der Waals surface area contributed by atoms with Crippen molar-refractivity contribution in [3.63, 3.8) is 0 Å². The van der Waals surface area contributed by atoms with Crippen LogP contribution < -0.4 is 14.5 Å². The summed E-state index contributed by atoms with van der Waals surface area (Å²) in [6.07, 6.45) is 8.14. The molecule has 1 fully saturated rings. The third-order valence-corrected chi connectivity index (χ3v) is 7.54. The van der Waals surface area contributed by atoms with Gasteiger partial charge in [-0.05, 0) is 39.2 Å². The van der Waals surface area contributed by atoms with Crippen LogP contribution in [-0.4, -0.2) is 53.7 Å². The topological polar surface area (TPSA) is 84.9 Å². The Morgan fingerprint density at radius 3 is 2.69 bits per heavy atom. The summed E-state index contributed by atoms with van der Waals surface area (Å²) in [6.45, 7) is 6.10. The number of anilines is 2. The molecule has 1 atom stereocenters. The molecule has 3 aliphatic rings. The lowest BCUT2D eigenvalue weighted by Crippen LogP contribution is -2.55. The number of likely N-dealkylation sites (N-methyl/N-ethyl adjacent to an activating group) is 1. The molecule has 2 aliphatic heterocycles. The van der Waals surface area contributed by atoms with Gasteiger partial charge in [0.05, 0.1) is 18.9 Å². The number of esters is 1. The van der Waals surface area contributed by atoms with E-state index in [1.54, 1.807) is 11.1 Å². The van der Waals surface area contributed by atoms with Gasteiger partial charge in [-0.3, -0.25) is 4.79 Å². The van der Waals surface area contributed by atoms with Crippen LogP contribution in [0, 0.1) is 0 Å². The normalized spacial score (nSPS) is 21.1. The Balaban J connectivity index is 1.54. The second kappa shape index (κ2) is 8.81. The highest BCUT2D eigenvalue weighted by Gasteiger charge is 2.41. The second-order valence-corrected chi connectivity index (χ2v) is 10.4. The van der Waals surface area contributed by atoms with Crippen LogP contribution >= 0.6 is 0 Å². The summed E-state index contributed by atoms with van der Waals surface area (Å²) >= 11 is 0. The van der Waals surface area contributed by atoms with E-state index in [2.05, 4.69) is 16.8 Å². The molecule has 1 saturated carbocycles. The minimum absolute atomic E-state index is 0.107. The van der Waals surface area contributed by atoms with Gasteiger partial charge >= 0.3 is 5.97 Å². The number of hydrogen-bond acceptors (Lipinski definition) is 7. The number of rotatable bonds is 5. The van der Waals surface area contributed by atoms with Crippen molar-refractivity contribution in [3.05, 3.63) is 40.8 Å². The van der Waals surface area contributed by atoms with Crippen LogP contribution in [0.5, 0.6) is 5.75 Å². The van der Waals surface area contributed by atoms with Gasteiger partial charge in [-0.1, -0.05) is 25.8 Å². The highest BCUT2D eigenvalue weighted by Crippen LogP contribution is 2.42. The number of hydrogen-bond donors (Lipinski definition) is 0. The van der Waals surface area contributed by atoms with Crippen molar-refractivity contribution >= 4 is 23.4 Å². The fourth-order valence-electron chi connectivity index (χ4n) is 5.83. The molecule has 2 aromatic rings. The molecular formula is C27H34N4O4. The second-order valence-electron chi connectivity index (χ2n) is 10.4. The van der Waals surface area contributed by atoms with Crippen molar-refractivity contribution in [2.24, 2.45) is 0 Å². The fourth-order valence-corrected chi connectivity index (χ4v) is 5.83. The van der Waals surface area contributed by atoms with Crippen molar-refractivity contribution in [2.45, 2.75) is 83.4 Å². The van der Waals surface area contributed by atoms with Gasteiger partial charge in [-0.15, -0.1) is 0 Å². The van der Waals surface area contributed by atoms with Crippen LogP contribution in [0.25, 0.3) is 0 Å². The average Bonchev–Trinajstić information content (AvgIpc) is 3.48. The van der Waals surface area contributed by atoms with Gasteiger partial charge in [-0.2, -0.15) is 0 Å². The minimum Gasteiger partial charge on any atom is -0.487 e. The number of ether oxygens (including phenoxy) is 2. The highest BCUT2D eigenvalue weighted by molar-refractivity contribution is 6.04. The predicted octanol–water partition coefficient (Wildman–Crippen LogP) is 4.07. The molecule has 0 spiro atoms. The largest absolute Gasteiger partial charge is 0.487 e. The summed E-state index contributed by atoms with van der Waals surface area (Å²) in [7, 11) is 3.21. The van der Waals surface area contributed by atoms with Crippen molar-refractivity contribution < 1.29 is 19.1 Å². The first kappa shape index (κ1) is 23.6. The van der Waals surface area contributed by atoms with Gasteiger partial charge in [0.1, 0.15) is 28.9 Å². The monoisotopic (exact) mass is 478 g/mol. The molecule has 1 amide bonds. The number of benzene rings is 1. The maximum atomic E-state index is 13.1. The zero-order chi connectivity index (χ0) is 24.9. The van der Waals surface area contributed by atoms with E-state index in [0.29, 0.717) is 30.3 Å². The molecule has 8 nitrogen and oxygen atoms in total. The Kier molecular flexibility index (Phi) is 5.93. The standard InChI is InChI=1S/C27H34N4O4/c1-6-20-25(32)30(4)21-15-28-22(29-24(21)31(20)17-9-7-8-10-17)13-16-11-12-18(26(33)34-5)19-14-27(2,3)35-23(16)19/h11-12,15,17,20H,6-10,13-14H2,1-5H3/t20-/m1/s1. The Labute approximate surface area is 206 Å². The zero-order valence-electron chi connectivity index (χ0n) is 21.3. The van der Waals surface area contributed by atoms with Crippen LogP contribution in [0.1, 0.15) is 80.2 Å². The van der Waals surface area contributed by atoms with Gasteiger partial charge in [0.15, 0.2) is 5.82 Å². The van der Waals surface area contributed by atoms with E-state index < -0.39 is 5.60 Å². The number of aromatic nitrogens is 2. The Morgan fingerprint density at radius 1 is 1.26 bits per heavy atom. The van der Waals surface area contributed by atoms with E-state index in [1.807, 2.05) is 33.0 Å². The van der Waals surface area contributed by atoms with Crippen molar-refractivity contribution in [2.75, 3.05) is 24.0 Å². The number of carbonyl (C=O) groups is 2. The molecule has 8 heteroatoms. The predicted molar refractivity (Wildman–Crippen MR) is 133 cm³/mol. The molecule has 0 unspecified atom stereocenters. The van der Waals surface area contributed by atoms with E-state index in [1.165, 1.54) is 20.0 Å². The number of nitrogens with zero attached hydrogens (tertiary/aromatic N) is 4. The molecule has 186 valence electrons. The van der Waals surface area contributed by atoms with Gasteiger partial charge in [-0.25, -0.2) is 14.8 Å². The van der Waals surface area contributed by atoms with Crippen molar-refractivity contribution in [1.29, 1.82) is 0 Å². The lowest BCUT2D eigenvalue weighted by molar-refractivity contribution is -0.120. The van der Waals surface area contributed by atoms with Gasteiger partial charge in [0, 0.05) is 37.1 Å². The summed E-state index contributed by atoms with van der Waals surface area (Å²) in [6, 6.07) is 3.85. The molecule has 1 aromatic heterocycles. The quantitative estimate of drug-likeness (QED) is 0.599. The van der Waals surface area contributed by atoms with Crippen LogP contribution in [-0.2, 0) is 22.4 Å². The molecule has 35 heavy (non-hydrogen) atoms. The van der Waals surface area contributed by atoms with Crippen LogP contribution in [0.3, 0.4) is 0 Å². The van der Waals surface area contributed by atoms with E-state index in [-0.39, 0.29) is 17.9 Å². The van der Waals surface area contributed by atoms with E-state index in [4.69, 9.17) is 14.5 Å². The first-order chi connectivity index (χ1) is 16.7. The fraction of sp³-hybridized carbons (Fsp3) is 0.556. The molecule has 3 heterocycles. The Morgan fingerprint density at radius 2 is 2.00 bits per heavy atom. The van der Waals surface area contributed by atoms with E-state index >= 15 is 0 Å². The first-order valence-electron chi connectivity index (χ1n) is 12.6. The van der Waals surface area contributed by atoms with E-state index in [9.17, 15) is 9.59 Å². The van der Waals surface area contributed by atoms with Gasteiger partial charge < -0.3 is 19.3 Å². The number of fused-ring (bicyclic) bond motifs is 2. The first-order valence-corrected chi connectivity index (χ1v) is 12.6. The van der Waals surface area contributed by atoms with Crippen LogP contribution in [0.15, 0.2) is 18.3 Å². The number of carbonyl (C=O) groups excluding carboxylic acids is 2. The molecule has 1 aromatic carbocycles. The summed E-state index contributed by atoms with van der Waals surface area (Å²) < 4.78 is 11.3. The van der Waals surface area contributed by atoms with Crippen molar-refractivity contribution in [1.82, 2.24) is 9.97 Å². The third-order valence-electron chi connectivity index (χ3n) is 7.54. The van der Waals surface area contributed by atoms with Crippen LogP contribution in [0.4, 0.5) is 11.5 Å². The smallest absolute Gasteiger partial charge is 0.338 e. The summed E-state index contributed by atoms with van der Waals surface area (Å²) in [5.74, 6) is 2.00. The number of methoxy groups -OCH3 is 1. The zero-order valence-corrected chi connectivity index (χ0v) is 21.3. The lowest BCUT2D eigenvalue weighted by atomic mass is 9.95. The summed E-state index contributed by atoms with van der Waals surface area (Å²) in [5, 5.41) is 0. The minimum atomic E-state index is -0.408. The Hall–Kier alpha value is -3.16. The number of amides is 1. The molecule has 0 saturated heterocycles. The molecule has 0 bridgehead atoms. The van der Waals surface area contributed by atoms with Gasteiger partial charge in [0.25, 0.3) is 0 Å². The molecule has 1 aliphatic carbocycles. The highest BCUT2D eigenvalue weighted by atomic mass is 16.5. The van der Waals surface area contributed by atoms with Crippen LogP contribution in [0.2, 0.25) is 0 Å². The summed E-state index contributed by atoms with van der Waals surface area (Å²) in [5.41, 5.74) is 2.72. The lowest BCUT2D eigenvalue weighted by Gasteiger charge is -2.43. The molecule has 0 radical (unpaired) electrons. The van der Waals surface area contributed by atoms with E-state index in [0.717, 1.165) is 47.6 Å². The third kappa shape index (κ3) is 4.02. The molecule has 0 N–H and O–H groups in total. The molecular weight excluding hydrogens is 444 g/mol. The van der Waals surface area contributed by atoms with Gasteiger partial charge in [0.2, 0.25) is 5.91 Å². The summed E-state index contributed by atoms with van der Waals surface area (Å²) in [4.78, 5) is 39.1. The average molecular weight is 479 g/mol. The molecule has 5 rings (SSSR count). The maximum Gasteiger partial charge on any atom is 0.338 e. The van der Waals surface area contributed by atoms with Crippen molar-refractivity contribution in [3.8, 4) is 5.75 Å². The maximum absolute atomic E-state index is 13.1. The Bertz CT molecular complexity index is 1170. The SMILES string of the molecule is CC[C@@H]1C(=O)N(C)c2cnc(Cc3ccc(C(=O)OC)c4c3OC(C)(C)C4)nc2N1C1CCCC1.